The predicted octanol–water partition coefficient (Wildman–Crippen LogP) is 2.82. The van der Waals surface area contributed by atoms with Crippen LogP contribution in [0.2, 0.25) is 0 Å². The van der Waals surface area contributed by atoms with E-state index in [9.17, 15) is 0 Å². The second kappa shape index (κ2) is 10.2. The summed E-state index contributed by atoms with van der Waals surface area (Å²) in [7, 11) is 1.76. The van der Waals surface area contributed by atoms with Crippen LogP contribution in [0.25, 0.3) is 16.6 Å². The summed E-state index contributed by atoms with van der Waals surface area (Å²) in [5.41, 5.74) is 10.9. The molecule has 8 heteroatoms. The van der Waals surface area contributed by atoms with Crippen LogP contribution in [0.3, 0.4) is 0 Å². The molecule has 0 aliphatic heterocycles. The van der Waals surface area contributed by atoms with Crippen molar-refractivity contribution in [3.05, 3.63) is 40.7 Å². The molecule has 29 heavy (non-hydrogen) atoms. The number of fused-ring (bicyclic) bond motifs is 1. The first-order valence-corrected chi connectivity index (χ1v) is 13.5. The Bertz CT molecular complexity index is 1040. The molecule has 2 radical (unpaired) electrons. The fraction of sp³-hybridized carbons (Fsp3) is 0.381. The molecule has 0 saturated heterocycles. The van der Waals surface area contributed by atoms with E-state index >= 15 is 0 Å². The number of nitrogens with zero attached hydrogens (tertiary/aromatic N) is 5. The molecule has 0 saturated carbocycles. The van der Waals surface area contributed by atoms with Gasteiger partial charge in [0.15, 0.2) is 0 Å². The van der Waals surface area contributed by atoms with E-state index in [-0.39, 0.29) is 0 Å². The van der Waals surface area contributed by atoms with E-state index in [0.29, 0.717) is 5.92 Å². The quantitative estimate of drug-likeness (QED) is 0.370. The monoisotopic (exact) mass is 514 g/mol. The van der Waals surface area contributed by atoms with E-state index in [1.165, 1.54) is 0 Å². The summed E-state index contributed by atoms with van der Waals surface area (Å²) in [6.45, 7) is 6.46. The minimum absolute atomic E-state index is 0.417. The van der Waals surface area contributed by atoms with Gasteiger partial charge in [0.2, 0.25) is 0 Å². The van der Waals surface area contributed by atoms with E-state index in [1.807, 2.05) is 18.5 Å². The molecular weight excluding hydrogens is 487 g/mol. The van der Waals surface area contributed by atoms with Crippen LogP contribution >= 0.6 is 11.3 Å². The van der Waals surface area contributed by atoms with Crippen molar-refractivity contribution in [1.29, 1.82) is 0 Å². The van der Waals surface area contributed by atoms with E-state index in [1.54, 1.807) is 18.4 Å². The first kappa shape index (κ1) is 21.8. The second-order valence-corrected chi connectivity index (χ2v) is 12.7. The summed E-state index contributed by atoms with van der Waals surface area (Å²) in [6.07, 6.45) is 6.70. The summed E-state index contributed by atoms with van der Waals surface area (Å²) >= 11 is 0.645. The second-order valence-electron chi connectivity index (χ2n) is 7.11. The van der Waals surface area contributed by atoms with Gasteiger partial charge >= 0.3 is 187 Å². The van der Waals surface area contributed by atoms with Crippen LogP contribution in [-0.2, 0) is 0 Å². The van der Waals surface area contributed by atoms with Gasteiger partial charge in [0, 0.05) is 0 Å². The number of allylic oxidation sites excluding steroid dienone is 2. The van der Waals surface area contributed by atoms with Gasteiger partial charge < -0.3 is 0 Å². The molecule has 0 unspecified atom stereocenters. The molecule has 0 fully saturated rings. The van der Waals surface area contributed by atoms with Crippen molar-refractivity contribution < 1.29 is 0 Å². The SMILES string of the molecule is CCCCC(N)=C(C=NC)c1cnc2cc[c]([Sn][c]3nnc(C(C)C)s3)nc2c1. The molecule has 3 heterocycles. The zero-order chi connectivity index (χ0) is 20.8. The van der Waals surface area contributed by atoms with E-state index in [2.05, 4.69) is 53.1 Å². The van der Waals surface area contributed by atoms with Crippen LogP contribution in [0.15, 0.2) is 35.1 Å². The molecule has 0 amide bonds. The Morgan fingerprint density at radius 2 is 2.10 bits per heavy atom. The molecule has 3 rings (SSSR count). The normalized spacial score (nSPS) is 12.9. The fourth-order valence-electron chi connectivity index (χ4n) is 2.83. The van der Waals surface area contributed by atoms with Gasteiger partial charge in [-0.15, -0.1) is 0 Å². The average Bonchev–Trinajstić information content (AvgIpc) is 3.18. The van der Waals surface area contributed by atoms with Gasteiger partial charge in [0.05, 0.1) is 0 Å². The number of aromatic nitrogens is 4. The molecule has 2 N–H and O–H groups in total. The van der Waals surface area contributed by atoms with Gasteiger partial charge in [-0.3, -0.25) is 0 Å². The summed E-state index contributed by atoms with van der Waals surface area (Å²) in [5.74, 6) is 0.417. The zero-order valence-corrected chi connectivity index (χ0v) is 21.0. The number of hydrogen-bond acceptors (Lipinski definition) is 7. The molecule has 150 valence electrons. The molecule has 0 aromatic carbocycles. The molecule has 0 aliphatic carbocycles. The van der Waals surface area contributed by atoms with Gasteiger partial charge in [-0.05, 0) is 0 Å². The molecule has 3 aromatic heterocycles. The van der Waals surface area contributed by atoms with Crippen LogP contribution in [0.1, 0.15) is 56.5 Å². The third-order valence-electron chi connectivity index (χ3n) is 4.42. The first-order chi connectivity index (χ1) is 14.0. The third kappa shape index (κ3) is 5.60. The zero-order valence-electron chi connectivity index (χ0n) is 17.3. The Balaban J connectivity index is 1.93. The number of pyridine rings is 2. The van der Waals surface area contributed by atoms with Crippen LogP contribution in [0.5, 0.6) is 0 Å². The molecule has 0 atom stereocenters. The summed E-state index contributed by atoms with van der Waals surface area (Å²) in [4.78, 5) is 13.7. The van der Waals surface area contributed by atoms with Crippen LogP contribution in [0, 0.1) is 0 Å². The van der Waals surface area contributed by atoms with Gasteiger partial charge in [0.25, 0.3) is 0 Å². The number of unbranched alkanes of at least 4 members (excludes halogenated alkanes) is 1. The maximum atomic E-state index is 6.36. The predicted molar refractivity (Wildman–Crippen MR) is 124 cm³/mol. The van der Waals surface area contributed by atoms with E-state index in [4.69, 9.17) is 10.7 Å². The van der Waals surface area contributed by atoms with Crippen molar-refractivity contribution in [2.24, 2.45) is 10.7 Å². The van der Waals surface area contributed by atoms with Gasteiger partial charge in [-0.1, -0.05) is 0 Å². The van der Waals surface area contributed by atoms with Crippen molar-refractivity contribution >= 4 is 62.0 Å². The van der Waals surface area contributed by atoms with Crippen LogP contribution in [-0.4, -0.2) is 54.6 Å². The van der Waals surface area contributed by atoms with Gasteiger partial charge in [-0.2, -0.15) is 0 Å². The third-order valence-corrected chi connectivity index (χ3v) is 9.44. The maximum absolute atomic E-state index is 6.36. The molecular formula is C21H26N6SSn. The topological polar surface area (TPSA) is 89.9 Å². The Kier molecular flexibility index (Phi) is 7.71. The average molecular weight is 513 g/mol. The fourth-order valence-corrected chi connectivity index (χ4v) is 7.40. The standard InChI is InChI=1S/C16H19N4.C5H7N2S.Sn/c1-3-4-6-14(17)13(11-18-2)12-9-16-15(20-10-12)7-5-8-19-16;1-4(2)5-7-6-3-8-5;/h5,7,9-11H,3-4,6,17H2,1-2H3;4H,1-2H3;. The van der Waals surface area contributed by atoms with Gasteiger partial charge in [0.1, 0.15) is 0 Å². The summed E-state index contributed by atoms with van der Waals surface area (Å²) in [6, 6.07) is 6.20. The number of rotatable bonds is 8. The van der Waals surface area contributed by atoms with Crippen molar-refractivity contribution in [1.82, 2.24) is 20.2 Å². The number of aliphatic imine (C=N–C) groups is 1. The first-order valence-electron chi connectivity index (χ1n) is 9.80. The molecule has 0 bridgehead atoms. The number of hydrogen-bond donors (Lipinski definition) is 1. The Morgan fingerprint density at radius 3 is 2.79 bits per heavy atom. The number of nitrogens with two attached hydrogens (primary N) is 1. The van der Waals surface area contributed by atoms with Crippen molar-refractivity contribution in [2.45, 2.75) is 46.0 Å². The van der Waals surface area contributed by atoms with Crippen molar-refractivity contribution in [2.75, 3.05) is 7.05 Å². The van der Waals surface area contributed by atoms with E-state index in [0.717, 1.165) is 58.9 Å². The molecule has 3 aromatic rings. The van der Waals surface area contributed by atoms with Crippen molar-refractivity contribution in [3.63, 3.8) is 0 Å². The van der Waals surface area contributed by atoms with Crippen molar-refractivity contribution in [3.8, 4) is 0 Å². The molecule has 6 nitrogen and oxygen atoms in total. The van der Waals surface area contributed by atoms with E-state index < -0.39 is 21.1 Å². The summed E-state index contributed by atoms with van der Waals surface area (Å²) in [5, 5.41) is 9.79. The van der Waals surface area contributed by atoms with Crippen LogP contribution < -0.4 is 12.5 Å². The van der Waals surface area contributed by atoms with Crippen LogP contribution in [0.4, 0.5) is 0 Å². The molecule has 0 aliphatic rings. The van der Waals surface area contributed by atoms with Gasteiger partial charge in [-0.25, -0.2) is 0 Å². The Hall–Kier alpha value is -1.87. The molecule has 0 spiro atoms. The Morgan fingerprint density at radius 1 is 1.28 bits per heavy atom. The minimum atomic E-state index is -1.08. The Labute approximate surface area is 186 Å². The summed E-state index contributed by atoms with van der Waals surface area (Å²) < 4.78 is 2.27.